The SMILES string of the molecule is CC(CC(=O)N(C)C)NCC1(O)CCSCC1. The third kappa shape index (κ3) is 5.27. The summed E-state index contributed by atoms with van der Waals surface area (Å²) in [6.45, 7) is 2.58. The lowest BCUT2D eigenvalue weighted by molar-refractivity contribution is -0.129. The molecule has 0 aromatic rings. The number of carbonyl (C=O) groups is 1. The van der Waals surface area contributed by atoms with Gasteiger partial charge in [0.2, 0.25) is 5.91 Å². The normalized spacial score (nSPS) is 20.9. The second-order valence-electron chi connectivity index (χ2n) is 5.11. The molecule has 1 heterocycles. The largest absolute Gasteiger partial charge is 0.389 e. The Balaban J connectivity index is 2.27. The quantitative estimate of drug-likeness (QED) is 0.764. The van der Waals surface area contributed by atoms with Gasteiger partial charge in [-0.1, -0.05) is 0 Å². The monoisotopic (exact) mass is 260 g/mol. The van der Waals surface area contributed by atoms with Crippen LogP contribution in [0.2, 0.25) is 0 Å². The van der Waals surface area contributed by atoms with Gasteiger partial charge in [0.1, 0.15) is 0 Å². The summed E-state index contributed by atoms with van der Waals surface area (Å²) in [4.78, 5) is 13.1. The van der Waals surface area contributed by atoms with E-state index in [2.05, 4.69) is 5.32 Å². The zero-order chi connectivity index (χ0) is 12.9. The predicted molar refractivity (Wildman–Crippen MR) is 72.3 cm³/mol. The highest BCUT2D eigenvalue weighted by molar-refractivity contribution is 7.99. The first-order valence-corrected chi connectivity index (χ1v) is 7.32. The molecular formula is C12H24N2O2S. The second kappa shape index (κ2) is 6.61. The standard InChI is InChI=1S/C12H24N2O2S/c1-10(8-11(15)14(2)3)13-9-12(16)4-6-17-7-5-12/h10,13,16H,4-9H2,1-3H3. The molecule has 5 heteroatoms. The zero-order valence-electron chi connectivity index (χ0n) is 11.0. The Bertz CT molecular complexity index is 253. The van der Waals surface area contributed by atoms with Crippen LogP contribution in [0.15, 0.2) is 0 Å². The van der Waals surface area contributed by atoms with E-state index in [4.69, 9.17) is 0 Å². The molecule has 1 saturated heterocycles. The highest BCUT2D eigenvalue weighted by atomic mass is 32.2. The van der Waals surface area contributed by atoms with Crippen molar-refractivity contribution in [1.29, 1.82) is 0 Å². The summed E-state index contributed by atoms with van der Waals surface area (Å²) in [7, 11) is 3.53. The molecule has 2 N–H and O–H groups in total. The van der Waals surface area contributed by atoms with E-state index in [1.54, 1.807) is 19.0 Å². The van der Waals surface area contributed by atoms with Gasteiger partial charge in [0, 0.05) is 33.1 Å². The second-order valence-corrected chi connectivity index (χ2v) is 6.34. The van der Waals surface area contributed by atoms with Gasteiger partial charge in [-0.05, 0) is 31.3 Å². The summed E-state index contributed by atoms with van der Waals surface area (Å²) in [5.74, 6) is 2.18. The number of aliphatic hydroxyl groups is 1. The summed E-state index contributed by atoms with van der Waals surface area (Å²) < 4.78 is 0. The number of thioether (sulfide) groups is 1. The molecule has 0 bridgehead atoms. The van der Waals surface area contributed by atoms with Crippen LogP contribution in [0.3, 0.4) is 0 Å². The predicted octanol–water partition coefficient (Wildman–Crippen LogP) is 0.701. The van der Waals surface area contributed by atoms with Gasteiger partial charge in [0.15, 0.2) is 0 Å². The van der Waals surface area contributed by atoms with E-state index in [0.717, 1.165) is 24.3 Å². The number of rotatable bonds is 5. The van der Waals surface area contributed by atoms with Gasteiger partial charge < -0.3 is 15.3 Å². The first-order valence-electron chi connectivity index (χ1n) is 6.17. The van der Waals surface area contributed by atoms with E-state index in [1.807, 2.05) is 18.7 Å². The van der Waals surface area contributed by atoms with Crippen LogP contribution in [0.4, 0.5) is 0 Å². The maximum Gasteiger partial charge on any atom is 0.223 e. The summed E-state index contributed by atoms with van der Waals surface area (Å²) in [6.07, 6.45) is 2.18. The molecule has 4 nitrogen and oxygen atoms in total. The average Bonchev–Trinajstić information content (AvgIpc) is 2.27. The molecule has 1 fully saturated rings. The van der Waals surface area contributed by atoms with Gasteiger partial charge in [0.05, 0.1) is 5.60 Å². The van der Waals surface area contributed by atoms with E-state index < -0.39 is 5.60 Å². The van der Waals surface area contributed by atoms with Crippen molar-refractivity contribution in [2.24, 2.45) is 0 Å². The molecule has 1 unspecified atom stereocenters. The highest BCUT2D eigenvalue weighted by Crippen LogP contribution is 2.26. The molecule has 0 aromatic carbocycles. The maximum atomic E-state index is 11.5. The lowest BCUT2D eigenvalue weighted by Gasteiger charge is -2.33. The van der Waals surface area contributed by atoms with Crippen molar-refractivity contribution in [2.45, 2.75) is 37.8 Å². The van der Waals surface area contributed by atoms with E-state index in [9.17, 15) is 9.90 Å². The molecule has 0 aliphatic carbocycles. The van der Waals surface area contributed by atoms with Gasteiger partial charge in [-0.15, -0.1) is 0 Å². The smallest absolute Gasteiger partial charge is 0.223 e. The van der Waals surface area contributed by atoms with Crippen molar-refractivity contribution < 1.29 is 9.90 Å². The number of nitrogens with zero attached hydrogens (tertiary/aromatic N) is 1. The van der Waals surface area contributed by atoms with E-state index in [-0.39, 0.29) is 11.9 Å². The van der Waals surface area contributed by atoms with E-state index in [1.165, 1.54) is 0 Å². The van der Waals surface area contributed by atoms with Crippen molar-refractivity contribution in [3.63, 3.8) is 0 Å². The van der Waals surface area contributed by atoms with Gasteiger partial charge in [-0.3, -0.25) is 4.79 Å². The number of nitrogens with one attached hydrogen (secondary N) is 1. The van der Waals surface area contributed by atoms with Crippen molar-refractivity contribution >= 4 is 17.7 Å². The van der Waals surface area contributed by atoms with Crippen LogP contribution in [-0.4, -0.2) is 59.7 Å². The number of hydrogen-bond donors (Lipinski definition) is 2. The lowest BCUT2D eigenvalue weighted by atomic mass is 9.96. The summed E-state index contributed by atoms with van der Waals surface area (Å²) in [6, 6.07) is 0.114. The van der Waals surface area contributed by atoms with Crippen LogP contribution in [0, 0.1) is 0 Å². The molecule has 0 radical (unpaired) electrons. The minimum absolute atomic E-state index is 0.114. The van der Waals surface area contributed by atoms with Crippen LogP contribution in [0.1, 0.15) is 26.2 Å². The lowest BCUT2D eigenvalue weighted by Crippen LogP contribution is -2.46. The zero-order valence-corrected chi connectivity index (χ0v) is 11.8. The molecule has 0 spiro atoms. The van der Waals surface area contributed by atoms with Gasteiger partial charge in [0.25, 0.3) is 0 Å². The van der Waals surface area contributed by atoms with Crippen LogP contribution >= 0.6 is 11.8 Å². The van der Waals surface area contributed by atoms with Crippen LogP contribution in [0.5, 0.6) is 0 Å². The Kier molecular flexibility index (Phi) is 5.76. The Morgan fingerprint density at radius 3 is 2.59 bits per heavy atom. The fraction of sp³-hybridized carbons (Fsp3) is 0.917. The Labute approximate surface area is 108 Å². The average molecular weight is 260 g/mol. The minimum Gasteiger partial charge on any atom is -0.389 e. The summed E-state index contributed by atoms with van der Waals surface area (Å²) >= 11 is 1.90. The van der Waals surface area contributed by atoms with Crippen molar-refractivity contribution in [3.8, 4) is 0 Å². The molecule has 1 rings (SSSR count). The Hall–Kier alpha value is -0.260. The Morgan fingerprint density at radius 1 is 1.47 bits per heavy atom. The van der Waals surface area contributed by atoms with Gasteiger partial charge >= 0.3 is 0 Å². The number of carbonyl (C=O) groups excluding carboxylic acids is 1. The van der Waals surface area contributed by atoms with E-state index in [0.29, 0.717) is 13.0 Å². The Morgan fingerprint density at radius 2 is 2.06 bits per heavy atom. The summed E-state index contributed by atoms with van der Waals surface area (Å²) in [5.41, 5.74) is -0.569. The van der Waals surface area contributed by atoms with Crippen molar-refractivity contribution in [3.05, 3.63) is 0 Å². The third-order valence-corrected chi connectivity index (χ3v) is 4.17. The van der Waals surface area contributed by atoms with Crippen LogP contribution < -0.4 is 5.32 Å². The topological polar surface area (TPSA) is 52.6 Å². The van der Waals surface area contributed by atoms with Gasteiger partial charge in [-0.25, -0.2) is 0 Å². The minimum atomic E-state index is -0.569. The molecule has 0 aromatic heterocycles. The van der Waals surface area contributed by atoms with Crippen molar-refractivity contribution in [2.75, 3.05) is 32.1 Å². The number of amides is 1. The fourth-order valence-corrected chi connectivity index (χ4v) is 3.06. The molecule has 100 valence electrons. The summed E-state index contributed by atoms with van der Waals surface area (Å²) in [5, 5.41) is 13.6. The number of hydrogen-bond acceptors (Lipinski definition) is 4. The van der Waals surface area contributed by atoms with Gasteiger partial charge in [-0.2, -0.15) is 11.8 Å². The van der Waals surface area contributed by atoms with Crippen LogP contribution in [0.25, 0.3) is 0 Å². The molecular weight excluding hydrogens is 236 g/mol. The molecule has 1 aliphatic heterocycles. The molecule has 1 aliphatic rings. The van der Waals surface area contributed by atoms with Crippen LogP contribution in [-0.2, 0) is 4.79 Å². The third-order valence-electron chi connectivity index (χ3n) is 3.18. The fourth-order valence-electron chi connectivity index (χ4n) is 1.81. The molecule has 1 atom stereocenters. The highest BCUT2D eigenvalue weighted by Gasteiger charge is 2.29. The molecule has 1 amide bonds. The molecule has 0 saturated carbocycles. The first-order chi connectivity index (χ1) is 7.93. The van der Waals surface area contributed by atoms with Crippen molar-refractivity contribution in [1.82, 2.24) is 10.2 Å². The molecule has 17 heavy (non-hydrogen) atoms. The first kappa shape index (κ1) is 14.8. The maximum absolute atomic E-state index is 11.5. The van der Waals surface area contributed by atoms with E-state index >= 15 is 0 Å².